The molecule has 1 heterocycles. The summed E-state index contributed by atoms with van der Waals surface area (Å²) in [6.45, 7) is 1.37. The number of furan rings is 1. The standard InChI is InChI=1S/C14H11BrN2O4S/c1-7(18)16-14(22)17-8-2-3-9(10(15)6-8)11-4-5-12(21-11)13(19)20/h2-6H,1H3,(H,19,20)(H2,16,17,18,22). The van der Waals surface area contributed by atoms with E-state index in [0.717, 1.165) is 0 Å². The Bertz CT molecular complexity index is 757. The van der Waals surface area contributed by atoms with Gasteiger partial charge in [-0.05, 0) is 58.5 Å². The van der Waals surface area contributed by atoms with Gasteiger partial charge in [0.25, 0.3) is 0 Å². The molecule has 0 saturated carbocycles. The number of thiocarbonyl (C=S) groups is 1. The number of halogens is 1. The maximum atomic E-state index is 10.9. The second-order valence-electron chi connectivity index (χ2n) is 4.30. The van der Waals surface area contributed by atoms with Gasteiger partial charge in [0, 0.05) is 22.6 Å². The van der Waals surface area contributed by atoms with Crippen molar-refractivity contribution in [1.82, 2.24) is 5.32 Å². The van der Waals surface area contributed by atoms with Crippen LogP contribution in [0.5, 0.6) is 0 Å². The van der Waals surface area contributed by atoms with Crippen LogP contribution in [0.3, 0.4) is 0 Å². The summed E-state index contributed by atoms with van der Waals surface area (Å²) >= 11 is 8.36. The van der Waals surface area contributed by atoms with Crippen LogP contribution in [0.2, 0.25) is 0 Å². The molecule has 8 heteroatoms. The van der Waals surface area contributed by atoms with Crippen molar-refractivity contribution in [2.75, 3.05) is 5.32 Å². The van der Waals surface area contributed by atoms with Gasteiger partial charge >= 0.3 is 5.97 Å². The van der Waals surface area contributed by atoms with Crippen molar-refractivity contribution in [2.24, 2.45) is 0 Å². The fraction of sp³-hybridized carbons (Fsp3) is 0.0714. The van der Waals surface area contributed by atoms with E-state index in [1.165, 1.54) is 13.0 Å². The zero-order valence-corrected chi connectivity index (χ0v) is 13.7. The first-order valence-corrected chi connectivity index (χ1v) is 7.28. The Balaban J connectivity index is 2.20. The van der Waals surface area contributed by atoms with Crippen LogP contribution in [0.25, 0.3) is 11.3 Å². The molecule has 2 aromatic rings. The van der Waals surface area contributed by atoms with Crippen molar-refractivity contribution < 1.29 is 19.1 Å². The van der Waals surface area contributed by atoms with Gasteiger partial charge in [-0.25, -0.2) is 4.79 Å². The van der Waals surface area contributed by atoms with Gasteiger partial charge in [0.1, 0.15) is 5.76 Å². The van der Waals surface area contributed by atoms with Crippen LogP contribution in [0.1, 0.15) is 17.5 Å². The van der Waals surface area contributed by atoms with Gasteiger partial charge in [-0.3, -0.25) is 4.79 Å². The largest absolute Gasteiger partial charge is 0.475 e. The van der Waals surface area contributed by atoms with E-state index < -0.39 is 5.97 Å². The van der Waals surface area contributed by atoms with E-state index in [2.05, 4.69) is 26.6 Å². The molecule has 0 aliphatic carbocycles. The molecule has 6 nitrogen and oxygen atoms in total. The van der Waals surface area contributed by atoms with Gasteiger partial charge in [0.2, 0.25) is 11.7 Å². The zero-order chi connectivity index (χ0) is 16.3. The number of anilines is 1. The van der Waals surface area contributed by atoms with Crippen molar-refractivity contribution >= 4 is 50.8 Å². The maximum absolute atomic E-state index is 10.9. The Morgan fingerprint density at radius 1 is 1.27 bits per heavy atom. The Labute approximate surface area is 139 Å². The van der Waals surface area contributed by atoms with Crippen LogP contribution in [-0.4, -0.2) is 22.1 Å². The Morgan fingerprint density at radius 2 is 2.00 bits per heavy atom. The van der Waals surface area contributed by atoms with Crippen molar-refractivity contribution in [2.45, 2.75) is 6.92 Å². The molecule has 0 spiro atoms. The maximum Gasteiger partial charge on any atom is 0.371 e. The first kappa shape index (κ1) is 16.2. The first-order valence-electron chi connectivity index (χ1n) is 6.08. The highest BCUT2D eigenvalue weighted by Gasteiger charge is 2.13. The number of nitrogens with one attached hydrogen (secondary N) is 2. The Kier molecular flexibility index (Phi) is 4.94. The predicted molar refractivity (Wildman–Crippen MR) is 88.8 cm³/mol. The molecule has 0 bridgehead atoms. The molecule has 2 rings (SSSR count). The summed E-state index contributed by atoms with van der Waals surface area (Å²) in [6, 6.07) is 8.19. The number of amides is 1. The van der Waals surface area contributed by atoms with E-state index >= 15 is 0 Å². The molecule has 0 saturated heterocycles. The van der Waals surface area contributed by atoms with Crippen LogP contribution in [0.4, 0.5) is 5.69 Å². The summed E-state index contributed by atoms with van der Waals surface area (Å²) in [5.74, 6) is -1.08. The second kappa shape index (κ2) is 6.71. The number of benzene rings is 1. The Morgan fingerprint density at radius 3 is 2.55 bits per heavy atom. The third kappa shape index (κ3) is 3.92. The lowest BCUT2D eigenvalue weighted by Gasteiger charge is -2.09. The molecule has 114 valence electrons. The predicted octanol–water partition coefficient (Wildman–Crippen LogP) is 3.24. The SMILES string of the molecule is CC(=O)NC(=S)Nc1ccc(-c2ccc(C(=O)O)o2)c(Br)c1. The lowest BCUT2D eigenvalue weighted by atomic mass is 10.1. The van der Waals surface area contributed by atoms with Gasteiger partial charge in [0.15, 0.2) is 5.11 Å². The lowest BCUT2D eigenvalue weighted by Crippen LogP contribution is -2.32. The molecular weight excluding hydrogens is 372 g/mol. The smallest absolute Gasteiger partial charge is 0.371 e. The molecule has 0 atom stereocenters. The second-order valence-corrected chi connectivity index (χ2v) is 5.56. The third-order valence-corrected chi connectivity index (χ3v) is 3.46. The van der Waals surface area contributed by atoms with Gasteiger partial charge in [0.05, 0.1) is 0 Å². The fourth-order valence-corrected chi connectivity index (χ4v) is 2.55. The van der Waals surface area contributed by atoms with Crippen LogP contribution in [0, 0.1) is 0 Å². The summed E-state index contributed by atoms with van der Waals surface area (Å²) in [5, 5.41) is 14.4. The number of carbonyl (C=O) groups excluding carboxylic acids is 1. The van der Waals surface area contributed by atoms with E-state index in [-0.39, 0.29) is 16.8 Å². The van der Waals surface area contributed by atoms with Crippen molar-refractivity contribution in [3.05, 3.63) is 40.6 Å². The molecule has 0 radical (unpaired) electrons. The van der Waals surface area contributed by atoms with Crippen LogP contribution >= 0.6 is 28.1 Å². The molecule has 0 aliphatic heterocycles. The monoisotopic (exact) mass is 382 g/mol. The highest BCUT2D eigenvalue weighted by atomic mass is 79.9. The van der Waals surface area contributed by atoms with Crippen LogP contribution < -0.4 is 10.6 Å². The van der Waals surface area contributed by atoms with Crippen LogP contribution in [0.15, 0.2) is 39.2 Å². The third-order valence-electron chi connectivity index (χ3n) is 2.60. The molecular formula is C14H11BrN2O4S. The van der Waals surface area contributed by atoms with E-state index in [0.29, 0.717) is 21.5 Å². The van der Waals surface area contributed by atoms with Gasteiger partial charge in [-0.1, -0.05) is 0 Å². The molecule has 0 unspecified atom stereocenters. The summed E-state index contributed by atoms with van der Waals surface area (Å²) in [7, 11) is 0. The van der Waals surface area contributed by atoms with Gasteiger partial charge < -0.3 is 20.2 Å². The number of carboxylic acid groups (broad SMARTS) is 1. The highest BCUT2D eigenvalue weighted by molar-refractivity contribution is 9.10. The van der Waals surface area contributed by atoms with E-state index in [1.807, 2.05) is 0 Å². The first-order chi connectivity index (χ1) is 10.4. The summed E-state index contributed by atoms with van der Waals surface area (Å²) < 4.78 is 5.94. The van der Waals surface area contributed by atoms with Crippen LogP contribution in [-0.2, 0) is 4.79 Å². The summed E-state index contributed by atoms with van der Waals surface area (Å²) in [6.07, 6.45) is 0. The molecule has 1 amide bonds. The number of carbonyl (C=O) groups is 2. The van der Waals surface area contributed by atoms with Crippen molar-refractivity contribution in [3.63, 3.8) is 0 Å². The van der Waals surface area contributed by atoms with Gasteiger partial charge in [-0.15, -0.1) is 0 Å². The number of rotatable bonds is 3. The summed E-state index contributed by atoms with van der Waals surface area (Å²) in [4.78, 5) is 21.7. The fourth-order valence-electron chi connectivity index (χ4n) is 1.71. The lowest BCUT2D eigenvalue weighted by molar-refractivity contribution is -0.117. The molecule has 3 N–H and O–H groups in total. The van der Waals surface area contributed by atoms with Crippen molar-refractivity contribution in [1.29, 1.82) is 0 Å². The van der Waals surface area contributed by atoms with E-state index in [1.54, 1.807) is 24.3 Å². The Hall–Kier alpha value is -2.19. The van der Waals surface area contributed by atoms with E-state index in [9.17, 15) is 9.59 Å². The summed E-state index contributed by atoms with van der Waals surface area (Å²) in [5.41, 5.74) is 1.36. The minimum absolute atomic E-state index is 0.129. The molecule has 0 aliphatic rings. The highest BCUT2D eigenvalue weighted by Crippen LogP contribution is 2.32. The average molecular weight is 383 g/mol. The minimum Gasteiger partial charge on any atom is -0.475 e. The van der Waals surface area contributed by atoms with Crippen molar-refractivity contribution in [3.8, 4) is 11.3 Å². The number of carboxylic acids is 1. The zero-order valence-electron chi connectivity index (χ0n) is 11.3. The minimum atomic E-state index is -1.12. The number of hydrogen-bond acceptors (Lipinski definition) is 4. The van der Waals surface area contributed by atoms with Gasteiger partial charge in [-0.2, -0.15) is 0 Å². The topological polar surface area (TPSA) is 91.6 Å². The molecule has 22 heavy (non-hydrogen) atoms. The van der Waals surface area contributed by atoms with E-state index in [4.69, 9.17) is 21.7 Å². The normalized spacial score (nSPS) is 10.1. The molecule has 1 aromatic heterocycles. The number of aromatic carboxylic acids is 1. The number of hydrogen-bond donors (Lipinski definition) is 3. The average Bonchev–Trinajstić information content (AvgIpc) is 2.87. The molecule has 0 fully saturated rings. The molecule has 1 aromatic carbocycles. The quantitative estimate of drug-likeness (QED) is 0.705.